The lowest BCUT2D eigenvalue weighted by Gasteiger charge is -2.00. The van der Waals surface area contributed by atoms with Crippen LogP contribution in [0.3, 0.4) is 0 Å². The van der Waals surface area contributed by atoms with E-state index in [0.29, 0.717) is 0 Å². The number of hydrogen-bond acceptors (Lipinski definition) is 10. The minimum absolute atomic E-state index is 0.0159. The summed E-state index contributed by atoms with van der Waals surface area (Å²) < 4.78 is 0. The van der Waals surface area contributed by atoms with Gasteiger partial charge in [-0.1, -0.05) is 18.2 Å². The van der Waals surface area contributed by atoms with Crippen LogP contribution in [0.15, 0.2) is 97.2 Å². The first-order chi connectivity index (χ1) is 18.0. The Morgan fingerprint density at radius 2 is 1.00 bits per heavy atom. The van der Waals surface area contributed by atoms with Crippen LogP contribution in [0.5, 0.6) is 17.2 Å². The zero-order valence-corrected chi connectivity index (χ0v) is 19.8. The molecule has 0 saturated carbocycles. The van der Waals surface area contributed by atoms with E-state index in [1.165, 1.54) is 60.7 Å². The van der Waals surface area contributed by atoms with Crippen molar-refractivity contribution in [2.24, 2.45) is 0 Å². The molecule has 0 atom stereocenters. The van der Waals surface area contributed by atoms with Crippen molar-refractivity contribution in [2.75, 3.05) is 12.4 Å². The first-order valence-electron chi connectivity index (χ1n) is 10.5. The number of rotatable bonds is 4. The molecule has 0 amide bonds. The van der Waals surface area contributed by atoms with Gasteiger partial charge in [0, 0.05) is 42.5 Å². The Bertz CT molecular complexity index is 1150. The molecule has 0 saturated heterocycles. The number of nitro benzene ring substituents is 3. The molecule has 1 aromatic heterocycles. The topological polar surface area (TPSA) is 219 Å². The number of pyridine rings is 1. The molecule has 4 N–H and O–H groups in total. The van der Waals surface area contributed by atoms with E-state index in [4.69, 9.17) is 10.2 Å². The monoisotopic (exact) mass is 525 g/mol. The number of nitrogens with zero attached hydrogens (tertiary/aromatic N) is 3. The highest BCUT2D eigenvalue weighted by Gasteiger charge is 2.02. The van der Waals surface area contributed by atoms with Gasteiger partial charge in [0.05, 0.1) is 28.0 Å². The van der Waals surface area contributed by atoms with E-state index in [1.807, 2.05) is 31.4 Å². The molecule has 0 bridgehead atoms. The smallest absolute Gasteiger partial charge is 0.271 e. The largest absolute Gasteiger partial charge is 0.872 e. The number of phenolic OH excluding ortho intramolecular Hbond substituents is 2. The van der Waals surface area contributed by atoms with Crippen LogP contribution in [-0.2, 0) is 0 Å². The van der Waals surface area contributed by atoms with Crippen molar-refractivity contribution in [3.8, 4) is 17.2 Å². The summed E-state index contributed by atoms with van der Waals surface area (Å²) in [5, 5.41) is 60.9. The molecule has 4 rings (SSSR count). The van der Waals surface area contributed by atoms with E-state index in [1.54, 1.807) is 0 Å². The Morgan fingerprint density at radius 1 is 0.632 bits per heavy atom. The van der Waals surface area contributed by atoms with E-state index in [9.17, 15) is 35.4 Å². The van der Waals surface area contributed by atoms with Crippen LogP contribution in [0.4, 0.5) is 22.9 Å². The number of phenols is 2. The molecule has 0 radical (unpaired) electrons. The lowest BCUT2D eigenvalue weighted by molar-refractivity contribution is -0.385. The average molecular weight is 525 g/mol. The first kappa shape index (κ1) is 30.2. The summed E-state index contributed by atoms with van der Waals surface area (Å²) in [5.41, 5.74) is -0.0878. The number of aromatic hydroxyl groups is 2. The number of H-pyrrole nitrogens is 1. The second-order valence-corrected chi connectivity index (χ2v) is 6.82. The Morgan fingerprint density at radius 3 is 1.26 bits per heavy atom. The molecule has 0 fully saturated rings. The Balaban J connectivity index is 0.000000254. The maximum atomic E-state index is 10.4. The highest BCUT2D eigenvalue weighted by molar-refractivity contribution is 5.36. The third-order valence-electron chi connectivity index (χ3n) is 4.15. The van der Waals surface area contributed by atoms with Crippen molar-refractivity contribution in [3.63, 3.8) is 0 Å². The third-order valence-corrected chi connectivity index (χ3v) is 4.15. The molecule has 14 nitrogen and oxygen atoms in total. The van der Waals surface area contributed by atoms with Crippen LogP contribution in [-0.4, -0.2) is 32.0 Å². The van der Waals surface area contributed by atoms with E-state index in [0.717, 1.165) is 18.0 Å². The molecule has 4 aromatic rings. The predicted molar refractivity (Wildman–Crippen MR) is 135 cm³/mol. The maximum absolute atomic E-state index is 10.4. The van der Waals surface area contributed by atoms with Crippen LogP contribution < -0.4 is 15.4 Å². The Kier molecular flexibility index (Phi) is 12.7. The van der Waals surface area contributed by atoms with E-state index in [2.05, 4.69) is 10.3 Å². The normalized spacial score (nSPS) is 9.08. The molecule has 198 valence electrons. The number of aromatic amines is 1. The van der Waals surface area contributed by atoms with Gasteiger partial charge in [0.25, 0.3) is 22.9 Å². The first-order valence-corrected chi connectivity index (χ1v) is 10.5. The van der Waals surface area contributed by atoms with E-state index in [-0.39, 0.29) is 34.3 Å². The molecule has 0 aliphatic heterocycles. The van der Waals surface area contributed by atoms with Crippen molar-refractivity contribution < 1.29 is 35.1 Å². The minimum Gasteiger partial charge on any atom is -0.872 e. The molecule has 0 unspecified atom stereocenters. The number of anilines is 1. The molecule has 0 aliphatic carbocycles. The zero-order valence-electron chi connectivity index (χ0n) is 19.8. The van der Waals surface area contributed by atoms with Gasteiger partial charge in [-0.05, 0) is 30.3 Å². The summed E-state index contributed by atoms with van der Waals surface area (Å²) in [6, 6.07) is 20.7. The molecule has 1 heterocycles. The lowest BCUT2D eigenvalue weighted by atomic mass is 10.3. The summed E-state index contributed by atoms with van der Waals surface area (Å²) in [7, 11) is 1.88. The summed E-state index contributed by atoms with van der Waals surface area (Å²) in [4.78, 5) is 31.5. The van der Waals surface area contributed by atoms with Gasteiger partial charge in [0.15, 0.2) is 0 Å². The van der Waals surface area contributed by atoms with Gasteiger partial charge in [0.2, 0.25) is 0 Å². The summed E-state index contributed by atoms with van der Waals surface area (Å²) >= 11 is 0. The highest BCUT2D eigenvalue weighted by atomic mass is 16.6. The van der Waals surface area contributed by atoms with Crippen molar-refractivity contribution in [1.29, 1.82) is 0 Å². The van der Waals surface area contributed by atoms with Crippen LogP contribution in [0, 0.1) is 30.3 Å². The Hall–Kier alpha value is -5.79. The second-order valence-electron chi connectivity index (χ2n) is 6.82. The number of aromatic nitrogens is 1. The number of benzene rings is 3. The number of non-ortho nitro benzene ring substituents is 3. The van der Waals surface area contributed by atoms with Crippen LogP contribution in [0.1, 0.15) is 0 Å². The number of nitrogens with one attached hydrogen (secondary N) is 2. The second kappa shape index (κ2) is 16.0. The van der Waals surface area contributed by atoms with Crippen LogP contribution in [0.25, 0.3) is 0 Å². The fraction of sp³-hybridized carbons (Fsp3) is 0.0417. The maximum Gasteiger partial charge on any atom is 0.271 e. The number of nitro groups is 3. The van der Waals surface area contributed by atoms with Crippen molar-refractivity contribution in [1.82, 2.24) is 0 Å². The predicted octanol–water partition coefficient (Wildman–Crippen LogP) is 3.81. The quantitative estimate of drug-likeness (QED) is 0.258. The van der Waals surface area contributed by atoms with Gasteiger partial charge in [0.1, 0.15) is 11.5 Å². The van der Waals surface area contributed by atoms with Crippen molar-refractivity contribution in [2.45, 2.75) is 0 Å². The van der Waals surface area contributed by atoms with Crippen molar-refractivity contribution >= 4 is 22.9 Å². The fourth-order valence-electron chi connectivity index (χ4n) is 2.27. The SMILES string of the molecule is CNc1cccc[nH+]1.O=[N+]([O-])c1ccc(O)cc1.O=[N+]([O-])c1ccc(O)cc1.O=[N+]([O-])c1ccc([O-])cc1. The lowest BCUT2D eigenvalue weighted by Crippen LogP contribution is -2.07. The molecule has 38 heavy (non-hydrogen) atoms. The van der Waals surface area contributed by atoms with Gasteiger partial charge >= 0.3 is 0 Å². The minimum atomic E-state index is -0.542. The highest BCUT2D eigenvalue weighted by Crippen LogP contribution is 2.16. The third kappa shape index (κ3) is 12.1. The zero-order chi connectivity index (χ0) is 28.5. The van der Waals surface area contributed by atoms with Gasteiger partial charge < -0.3 is 15.3 Å². The van der Waals surface area contributed by atoms with Crippen LogP contribution >= 0.6 is 0 Å². The Labute approximate surface area is 215 Å². The molecule has 0 aliphatic rings. The number of hydrogen-bond donors (Lipinski definition) is 3. The molecule has 0 spiro atoms. The van der Waals surface area contributed by atoms with Gasteiger partial charge in [-0.2, -0.15) is 0 Å². The molecule has 3 aromatic carbocycles. The molecular formula is C24H23N5O9. The summed E-state index contributed by atoms with van der Waals surface area (Å²) in [6.07, 6.45) is 1.88. The summed E-state index contributed by atoms with van der Waals surface area (Å²) in [6.45, 7) is 0. The van der Waals surface area contributed by atoms with Gasteiger partial charge in [-0.3, -0.25) is 35.7 Å². The van der Waals surface area contributed by atoms with E-state index >= 15 is 0 Å². The van der Waals surface area contributed by atoms with Gasteiger partial charge in [-0.15, -0.1) is 5.75 Å². The van der Waals surface area contributed by atoms with Gasteiger partial charge in [-0.25, -0.2) is 4.98 Å². The molecule has 14 heteroatoms. The summed E-state index contributed by atoms with van der Waals surface area (Å²) in [5.74, 6) is 0.884. The standard InChI is InChI=1S/C6H8N2.3C6H5NO3/c1-7-6-4-2-3-5-8-6;3*8-6-3-1-5(2-4-6)7(9)10/h2-5H,1H3,(H,7,8);3*1-4,8H. The fourth-order valence-corrected chi connectivity index (χ4v) is 2.27. The average Bonchev–Trinajstić information content (AvgIpc) is 2.91. The van der Waals surface area contributed by atoms with Crippen LogP contribution in [0.2, 0.25) is 0 Å². The van der Waals surface area contributed by atoms with Crippen molar-refractivity contribution in [3.05, 3.63) is 128 Å². The molecular weight excluding hydrogens is 502 g/mol. The van der Waals surface area contributed by atoms with E-state index < -0.39 is 14.8 Å².